The molecule has 7 heteroatoms. The molecule has 0 saturated carbocycles. The molecule has 1 atom stereocenters. The van der Waals surface area contributed by atoms with E-state index in [0.29, 0.717) is 52.0 Å². The van der Waals surface area contributed by atoms with Gasteiger partial charge in [-0.15, -0.1) is 0 Å². The monoisotopic (exact) mass is 386 g/mol. The Hall–Kier alpha value is -1.22. The number of rotatable bonds is 15. The standard InChI is InChI=1S/C20H34O7/c1-20(2,3)17-6-4-5-7-18(17)27-19(22)16-26-15-14-25-13-12-24-11-10-23-9-8-21/h4-7,19,21-22H,8-16H2,1-3H3. The highest BCUT2D eigenvalue weighted by atomic mass is 16.6. The van der Waals surface area contributed by atoms with Gasteiger partial charge in [0.2, 0.25) is 6.29 Å². The van der Waals surface area contributed by atoms with Crippen LogP contribution in [0.2, 0.25) is 0 Å². The molecule has 0 saturated heterocycles. The van der Waals surface area contributed by atoms with Crippen LogP contribution in [0, 0.1) is 0 Å². The summed E-state index contributed by atoms with van der Waals surface area (Å²) in [5, 5.41) is 18.6. The lowest BCUT2D eigenvalue weighted by molar-refractivity contribution is -0.0865. The molecule has 0 heterocycles. The second-order valence-corrected chi connectivity index (χ2v) is 6.95. The van der Waals surface area contributed by atoms with Gasteiger partial charge < -0.3 is 33.9 Å². The number of aliphatic hydroxyl groups is 2. The van der Waals surface area contributed by atoms with Gasteiger partial charge in [-0.2, -0.15) is 0 Å². The van der Waals surface area contributed by atoms with Crippen molar-refractivity contribution in [3.63, 3.8) is 0 Å². The van der Waals surface area contributed by atoms with Crippen molar-refractivity contribution in [2.75, 3.05) is 59.5 Å². The summed E-state index contributed by atoms with van der Waals surface area (Å²) in [7, 11) is 0. The molecule has 0 aliphatic heterocycles. The molecule has 1 unspecified atom stereocenters. The van der Waals surface area contributed by atoms with Crippen LogP contribution in [0.25, 0.3) is 0 Å². The van der Waals surface area contributed by atoms with Gasteiger partial charge >= 0.3 is 0 Å². The van der Waals surface area contributed by atoms with Gasteiger partial charge in [0.1, 0.15) is 12.4 Å². The van der Waals surface area contributed by atoms with Gasteiger partial charge in [-0.1, -0.05) is 39.0 Å². The normalized spacial score (nSPS) is 12.9. The summed E-state index contributed by atoms with van der Waals surface area (Å²) in [5.41, 5.74) is 0.965. The van der Waals surface area contributed by atoms with Gasteiger partial charge in [0.25, 0.3) is 0 Å². The number of hydrogen-bond donors (Lipinski definition) is 2. The Morgan fingerprint density at radius 3 is 1.89 bits per heavy atom. The van der Waals surface area contributed by atoms with Crippen LogP contribution in [0.5, 0.6) is 5.75 Å². The molecule has 0 aromatic heterocycles. The average Bonchev–Trinajstić information content (AvgIpc) is 2.62. The summed E-state index contributed by atoms with van der Waals surface area (Å²) in [6, 6.07) is 7.69. The Bertz CT molecular complexity index is 487. The van der Waals surface area contributed by atoms with Crippen molar-refractivity contribution >= 4 is 0 Å². The molecule has 2 N–H and O–H groups in total. The van der Waals surface area contributed by atoms with E-state index in [0.717, 1.165) is 5.56 Å². The fourth-order valence-corrected chi connectivity index (χ4v) is 2.28. The zero-order chi connectivity index (χ0) is 20.0. The van der Waals surface area contributed by atoms with Crippen molar-refractivity contribution < 1.29 is 33.9 Å². The first-order valence-corrected chi connectivity index (χ1v) is 9.31. The lowest BCUT2D eigenvalue weighted by atomic mass is 9.86. The molecule has 0 amide bonds. The minimum Gasteiger partial charge on any atom is -0.462 e. The van der Waals surface area contributed by atoms with Crippen LogP contribution in [0.15, 0.2) is 24.3 Å². The Kier molecular flexibility index (Phi) is 12.2. The van der Waals surface area contributed by atoms with E-state index in [9.17, 15) is 5.11 Å². The van der Waals surface area contributed by atoms with Crippen molar-refractivity contribution in [2.45, 2.75) is 32.5 Å². The van der Waals surface area contributed by atoms with Crippen LogP contribution in [-0.2, 0) is 24.4 Å². The van der Waals surface area contributed by atoms with Crippen molar-refractivity contribution in [3.05, 3.63) is 29.8 Å². The van der Waals surface area contributed by atoms with Gasteiger partial charge in [-0.3, -0.25) is 0 Å². The predicted molar refractivity (Wildman–Crippen MR) is 102 cm³/mol. The molecule has 156 valence electrons. The summed E-state index contributed by atoms with van der Waals surface area (Å²) in [5.74, 6) is 0.664. The van der Waals surface area contributed by atoms with E-state index in [1.54, 1.807) is 0 Å². The van der Waals surface area contributed by atoms with Crippen LogP contribution in [0.4, 0.5) is 0 Å². The molecule has 0 radical (unpaired) electrons. The van der Waals surface area contributed by atoms with Crippen molar-refractivity contribution in [2.24, 2.45) is 0 Å². The van der Waals surface area contributed by atoms with E-state index in [4.69, 9.17) is 28.8 Å². The first-order chi connectivity index (χ1) is 12.9. The smallest absolute Gasteiger partial charge is 0.221 e. The van der Waals surface area contributed by atoms with Crippen LogP contribution >= 0.6 is 0 Å². The number of benzene rings is 1. The minimum absolute atomic E-state index is 0.0198. The molecule has 0 fully saturated rings. The maximum Gasteiger partial charge on any atom is 0.221 e. The molecule has 1 rings (SSSR count). The van der Waals surface area contributed by atoms with Crippen LogP contribution in [-0.4, -0.2) is 76.0 Å². The number of aliphatic hydroxyl groups excluding tert-OH is 2. The van der Waals surface area contributed by atoms with Gasteiger partial charge in [-0.05, 0) is 17.0 Å². The van der Waals surface area contributed by atoms with E-state index >= 15 is 0 Å². The van der Waals surface area contributed by atoms with Crippen LogP contribution in [0.3, 0.4) is 0 Å². The highest BCUT2D eigenvalue weighted by molar-refractivity contribution is 5.38. The lowest BCUT2D eigenvalue weighted by Gasteiger charge is -2.24. The zero-order valence-electron chi connectivity index (χ0n) is 16.7. The van der Waals surface area contributed by atoms with Crippen molar-refractivity contribution in [1.29, 1.82) is 0 Å². The molecule has 1 aromatic rings. The molecular formula is C20H34O7. The summed E-state index contributed by atoms with van der Waals surface area (Å²) >= 11 is 0. The number of hydrogen-bond acceptors (Lipinski definition) is 7. The maximum atomic E-state index is 10.0. The van der Waals surface area contributed by atoms with E-state index in [1.807, 2.05) is 24.3 Å². The molecule has 27 heavy (non-hydrogen) atoms. The highest BCUT2D eigenvalue weighted by Crippen LogP contribution is 2.31. The second-order valence-electron chi connectivity index (χ2n) is 6.95. The zero-order valence-corrected chi connectivity index (χ0v) is 16.7. The lowest BCUT2D eigenvalue weighted by Crippen LogP contribution is -2.25. The predicted octanol–water partition coefficient (Wildman–Crippen LogP) is 1.74. The van der Waals surface area contributed by atoms with E-state index in [-0.39, 0.29) is 18.6 Å². The first kappa shape index (κ1) is 23.8. The Morgan fingerprint density at radius 1 is 0.815 bits per heavy atom. The summed E-state index contributed by atoms with van der Waals surface area (Å²) < 4.78 is 26.7. The largest absolute Gasteiger partial charge is 0.462 e. The highest BCUT2D eigenvalue weighted by Gasteiger charge is 2.20. The second kappa shape index (κ2) is 13.9. The molecule has 0 spiro atoms. The molecule has 1 aromatic carbocycles. The van der Waals surface area contributed by atoms with E-state index < -0.39 is 6.29 Å². The molecule has 0 bridgehead atoms. The quantitative estimate of drug-likeness (QED) is 0.351. The third-order valence-corrected chi connectivity index (χ3v) is 3.57. The Labute approximate surface area is 162 Å². The third kappa shape index (κ3) is 11.3. The third-order valence-electron chi connectivity index (χ3n) is 3.57. The van der Waals surface area contributed by atoms with E-state index in [1.165, 1.54) is 0 Å². The van der Waals surface area contributed by atoms with Gasteiger partial charge in [0.15, 0.2) is 0 Å². The first-order valence-electron chi connectivity index (χ1n) is 9.31. The number of ether oxygens (including phenoxy) is 5. The SMILES string of the molecule is CC(C)(C)c1ccccc1OC(O)COCCOCCOCCOCCO. The molecule has 0 aliphatic rings. The van der Waals surface area contributed by atoms with Gasteiger partial charge in [0, 0.05) is 0 Å². The average molecular weight is 386 g/mol. The van der Waals surface area contributed by atoms with Gasteiger partial charge in [0.05, 0.1) is 52.9 Å². The topological polar surface area (TPSA) is 86.6 Å². The van der Waals surface area contributed by atoms with Gasteiger partial charge in [-0.25, -0.2) is 0 Å². The summed E-state index contributed by atoms with van der Waals surface area (Å²) in [6.45, 7) is 9.35. The Morgan fingerprint density at radius 2 is 1.33 bits per heavy atom. The molecule has 7 nitrogen and oxygen atoms in total. The molecule has 0 aliphatic carbocycles. The minimum atomic E-state index is -1.03. The van der Waals surface area contributed by atoms with Crippen molar-refractivity contribution in [3.8, 4) is 5.75 Å². The summed E-state index contributed by atoms with van der Waals surface area (Å²) in [6.07, 6.45) is -1.03. The number of para-hydroxylation sites is 1. The maximum absolute atomic E-state index is 10.0. The fraction of sp³-hybridized carbons (Fsp3) is 0.700. The van der Waals surface area contributed by atoms with Crippen LogP contribution < -0.4 is 4.74 Å². The fourth-order valence-electron chi connectivity index (χ4n) is 2.28. The summed E-state index contributed by atoms with van der Waals surface area (Å²) in [4.78, 5) is 0. The van der Waals surface area contributed by atoms with E-state index in [2.05, 4.69) is 20.8 Å². The van der Waals surface area contributed by atoms with Crippen molar-refractivity contribution in [1.82, 2.24) is 0 Å². The Balaban J connectivity index is 2.06. The van der Waals surface area contributed by atoms with Crippen LogP contribution in [0.1, 0.15) is 26.3 Å². The molecular weight excluding hydrogens is 352 g/mol.